The molecule has 0 fully saturated rings. The van der Waals surface area contributed by atoms with Crippen LogP contribution in [0.1, 0.15) is 54.4 Å². The van der Waals surface area contributed by atoms with Crippen LogP contribution in [0.2, 0.25) is 0 Å². The van der Waals surface area contributed by atoms with Gasteiger partial charge in [-0.2, -0.15) is 0 Å². The van der Waals surface area contributed by atoms with E-state index in [4.69, 9.17) is 9.47 Å². The molecule has 0 unspecified atom stereocenters. The quantitative estimate of drug-likeness (QED) is 0.556. The molecule has 1 aliphatic rings. The predicted octanol–water partition coefficient (Wildman–Crippen LogP) is 3.50. The van der Waals surface area contributed by atoms with E-state index >= 15 is 0 Å². The van der Waals surface area contributed by atoms with Crippen molar-refractivity contribution >= 4 is 11.9 Å². The molecule has 4 nitrogen and oxygen atoms in total. The van der Waals surface area contributed by atoms with Crippen LogP contribution in [-0.4, -0.2) is 24.6 Å². The molecule has 21 heavy (non-hydrogen) atoms. The lowest BCUT2D eigenvalue weighted by molar-refractivity contribution is -0.156. The average molecular weight is 296 g/mol. The topological polar surface area (TPSA) is 52.6 Å². The highest BCUT2D eigenvalue weighted by Crippen LogP contribution is 2.42. The van der Waals surface area contributed by atoms with Gasteiger partial charge in [0.25, 0.3) is 0 Å². The number of ether oxygens (including phenoxy) is 2. The van der Waals surface area contributed by atoms with E-state index in [2.05, 4.69) is 19.9 Å². The molecule has 0 saturated heterocycles. The fraction of sp³-hybridized carbons (Fsp3) is 0.765. The van der Waals surface area contributed by atoms with Gasteiger partial charge < -0.3 is 9.47 Å². The highest BCUT2D eigenvalue weighted by atomic mass is 16.6. The second-order valence-electron chi connectivity index (χ2n) is 6.76. The van der Waals surface area contributed by atoms with Crippen molar-refractivity contribution in [3.05, 3.63) is 11.6 Å². The molecule has 1 rings (SSSR count). The summed E-state index contributed by atoms with van der Waals surface area (Å²) in [5.74, 6) is -0.576. The lowest BCUT2D eigenvalue weighted by Crippen LogP contribution is -2.36. The van der Waals surface area contributed by atoms with Crippen LogP contribution in [0.4, 0.5) is 0 Å². The molecule has 0 spiro atoms. The van der Waals surface area contributed by atoms with Crippen LogP contribution in [0.5, 0.6) is 0 Å². The van der Waals surface area contributed by atoms with E-state index in [0.717, 1.165) is 12.0 Å². The summed E-state index contributed by atoms with van der Waals surface area (Å²) in [6.07, 6.45) is 3.01. The Labute approximate surface area is 127 Å². The molecule has 0 aromatic heterocycles. The first-order valence-corrected chi connectivity index (χ1v) is 7.74. The van der Waals surface area contributed by atoms with Gasteiger partial charge in [0.1, 0.15) is 6.10 Å². The first kappa shape index (κ1) is 17.7. The smallest absolute Gasteiger partial charge is 0.308 e. The minimum atomic E-state index is -0.293. The van der Waals surface area contributed by atoms with Gasteiger partial charge in [0.15, 0.2) is 0 Å². The maximum absolute atomic E-state index is 11.8. The lowest BCUT2D eigenvalue weighted by Gasteiger charge is -2.30. The number of hydrogen-bond donors (Lipinski definition) is 0. The third-order valence-electron chi connectivity index (χ3n) is 3.96. The molecular weight excluding hydrogens is 268 g/mol. The van der Waals surface area contributed by atoms with Crippen molar-refractivity contribution in [2.75, 3.05) is 6.61 Å². The van der Waals surface area contributed by atoms with E-state index < -0.39 is 0 Å². The molecule has 0 saturated carbocycles. The Morgan fingerprint density at radius 3 is 2.48 bits per heavy atom. The molecule has 0 aromatic carbocycles. The van der Waals surface area contributed by atoms with E-state index in [1.165, 1.54) is 0 Å². The number of rotatable bonds is 6. The van der Waals surface area contributed by atoms with Gasteiger partial charge in [-0.25, -0.2) is 0 Å². The SMILES string of the molecule is CCCC(=O)O[C@H]1C(C)=CC(C)(C)[C@H]1COC(=O)C(C)C. The van der Waals surface area contributed by atoms with Crippen LogP contribution in [0.15, 0.2) is 11.6 Å². The Bertz CT molecular complexity index is 421. The number of carbonyl (C=O) groups is 2. The monoisotopic (exact) mass is 296 g/mol. The molecule has 0 bridgehead atoms. The summed E-state index contributed by atoms with van der Waals surface area (Å²) in [6.45, 7) is 12.0. The summed E-state index contributed by atoms with van der Waals surface area (Å²) in [5.41, 5.74) is 0.883. The van der Waals surface area contributed by atoms with Gasteiger partial charge in [0.05, 0.1) is 12.5 Å². The van der Waals surface area contributed by atoms with Crippen molar-refractivity contribution in [2.24, 2.45) is 17.3 Å². The Hall–Kier alpha value is -1.32. The molecule has 0 amide bonds. The van der Waals surface area contributed by atoms with E-state index in [1.807, 2.05) is 27.7 Å². The fourth-order valence-corrected chi connectivity index (χ4v) is 2.70. The average Bonchev–Trinajstić information content (AvgIpc) is 2.56. The molecule has 0 aliphatic heterocycles. The zero-order valence-electron chi connectivity index (χ0n) is 14.1. The molecule has 120 valence electrons. The predicted molar refractivity (Wildman–Crippen MR) is 81.6 cm³/mol. The van der Waals surface area contributed by atoms with Crippen LogP contribution in [0.25, 0.3) is 0 Å². The summed E-state index contributed by atoms with van der Waals surface area (Å²) in [7, 11) is 0. The summed E-state index contributed by atoms with van der Waals surface area (Å²) >= 11 is 0. The molecule has 1 aliphatic carbocycles. The standard InChI is InChI=1S/C17H28O4/c1-7-8-14(18)21-15-12(4)9-17(5,6)13(15)10-20-16(19)11(2)3/h9,11,13,15H,7-8,10H2,1-6H3/t13-,15-/m0/s1. The van der Waals surface area contributed by atoms with Crippen molar-refractivity contribution in [2.45, 2.75) is 60.5 Å². The second kappa shape index (κ2) is 7.10. The third-order valence-corrected chi connectivity index (χ3v) is 3.96. The largest absolute Gasteiger partial charge is 0.465 e. The zero-order valence-corrected chi connectivity index (χ0v) is 14.1. The van der Waals surface area contributed by atoms with Crippen LogP contribution in [0, 0.1) is 17.3 Å². The Balaban J connectivity index is 2.76. The van der Waals surface area contributed by atoms with Gasteiger partial charge in [-0.1, -0.05) is 40.7 Å². The number of allylic oxidation sites excluding steroid dienone is 1. The van der Waals surface area contributed by atoms with Crippen molar-refractivity contribution in [3.63, 3.8) is 0 Å². The number of carbonyl (C=O) groups excluding carboxylic acids is 2. The highest BCUT2D eigenvalue weighted by Gasteiger charge is 2.43. The lowest BCUT2D eigenvalue weighted by atomic mass is 9.81. The van der Waals surface area contributed by atoms with E-state index in [0.29, 0.717) is 6.42 Å². The maximum Gasteiger partial charge on any atom is 0.308 e. The summed E-state index contributed by atoms with van der Waals surface area (Å²) in [5, 5.41) is 0. The van der Waals surface area contributed by atoms with Gasteiger partial charge >= 0.3 is 11.9 Å². The van der Waals surface area contributed by atoms with Gasteiger partial charge in [0, 0.05) is 12.3 Å². The molecule has 0 N–H and O–H groups in total. The second-order valence-corrected chi connectivity index (χ2v) is 6.76. The molecule has 0 radical (unpaired) electrons. The Morgan fingerprint density at radius 1 is 1.33 bits per heavy atom. The summed E-state index contributed by atoms with van der Waals surface area (Å²) in [6, 6.07) is 0. The van der Waals surface area contributed by atoms with Gasteiger partial charge in [0.2, 0.25) is 0 Å². The van der Waals surface area contributed by atoms with Gasteiger partial charge in [-0.05, 0) is 24.3 Å². The summed E-state index contributed by atoms with van der Waals surface area (Å²) in [4.78, 5) is 23.5. The number of hydrogen-bond acceptors (Lipinski definition) is 4. The van der Waals surface area contributed by atoms with Crippen molar-refractivity contribution in [3.8, 4) is 0 Å². The van der Waals surface area contributed by atoms with Crippen molar-refractivity contribution in [1.29, 1.82) is 0 Å². The first-order chi connectivity index (χ1) is 9.69. The molecular formula is C17H28O4. The van der Waals surface area contributed by atoms with Crippen molar-refractivity contribution < 1.29 is 19.1 Å². The van der Waals surface area contributed by atoms with Crippen LogP contribution >= 0.6 is 0 Å². The van der Waals surface area contributed by atoms with Crippen LogP contribution in [-0.2, 0) is 19.1 Å². The van der Waals surface area contributed by atoms with E-state index in [9.17, 15) is 9.59 Å². The van der Waals surface area contributed by atoms with E-state index in [-0.39, 0.29) is 41.9 Å². The molecule has 0 aromatic rings. The Kier molecular flexibility index (Phi) is 5.99. The fourth-order valence-electron chi connectivity index (χ4n) is 2.70. The molecule has 0 heterocycles. The maximum atomic E-state index is 11.8. The minimum absolute atomic E-state index is 0.0268. The third kappa shape index (κ3) is 4.58. The van der Waals surface area contributed by atoms with Gasteiger partial charge in [-0.15, -0.1) is 0 Å². The van der Waals surface area contributed by atoms with Crippen molar-refractivity contribution in [1.82, 2.24) is 0 Å². The normalized spacial score (nSPS) is 23.9. The number of esters is 2. The van der Waals surface area contributed by atoms with Gasteiger partial charge in [-0.3, -0.25) is 9.59 Å². The molecule has 2 atom stereocenters. The van der Waals surface area contributed by atoms with Crippen LogP contribution < -0.4 is 0 Å². The van der Waals surface area contributed by atoms with E-state index in [1.54, 1.807) is 0 Å². The minimum Gasteiger partial charge on any atom is -0.465 e. The first-order valence-electron chi connectivity index (χ1n) is 7.74. The highest BCUT2D eigenvalue weighted by molar-refractivity contribution is 5.71. The zero-order chi connectivity index (χ0) is 16.2. The molecule has 4 heteroatoms. The van der Waals surface area contributed by atoms with Crippen LogP contribution in [0.3, 0.4) is 0 Å². The summed E-state index contributed by atoms with van der Waals surface area (Å²) < 4.78 is 11.0. The Morgan fingerprint density at radius 2 is 1.95 bits per heavy atom.